The van der Waals surface area contributed by atoms with Gasteiger partial charge in [0, 0.05) is 27.3 Å². The van der Waals surface area contributed by atoms with Crippen molar-refractivity contribution in [2.24, 2.45) is 5.73 Å². The predicted octanol–water partition coefficient (Wildman–Crippen LogP) is 3.58. The first-order valence-electron chi connectivity index (χ1n) is 6.25. The third-order valence-corrected chi connectivity index (χ3v) is 3.44. The average Bonchev–Trinajstić information content (AvgIpc) is 2.45. The second kappa shape index (κ2) is 7.45. The number of carbonyl (C=O) groups excluding carboxylic acids is 1. The molecule has 2 aromatic carbocycles. The summed E-state index contributed by atoms with van der Waals surface area (Å²) in [6, 6.07) is 12.5. The SMILES string of the molecule is NCc1cc(Cl)ccc1OCC(=O)Nc1cccc(Br)c1. The van der Waals surface area contributed by atoms with Gasteiger partial charge in [0.25, 0.3) is 5.91 Å². The van der Waals surface area contributed by atoms with Crippen LogP contribution in [0, 0.1) is 0 Å². The van der Waals surface area contributed by atoms with Crippen molar-refractivity contribution >= 4 is 39.1 Å². The second-order valence-electron chi connectivity index (χ2n) is 4.30. The van der Waals surface area contributed by atoms with E-state index in [1.807, 2.05) is 18.2 Å². The number of hydrogen-bond acceptors (Lipinski definition) is 3. The molecule has 0 aliphatic carbocycles. The summed E-state index contributed by atoms with van der Waals surface area (Å²) in [6.07, 6.45) is 0. The zero-order valence-corrected chi connectivity index (χ0v) is 13.4. The molecule has 1 amide bonds. The molecule has 0 unspecified atom stereocenters. The van der Waals surface area contributed by atoms with Gasteiger partial charge in [-0.05, 0) is 36.4 Å². The zero-order valence-electron chi connectivity index (χ0n) is 11.1. The molecule has 3 N–H and O–H groups in total. The first-order valence-corrected chi connectivity index (χ1v) is 7.42. The van der Waals surface area contributed by atoms with Crippen LogP contribution in [0.1, 0.15) is 5.56 Å². The summed E-state index contributed by atoms with van der Waals surface area (Å²) in [5.74, 6) is 0.317. The van der Waals surface area contributed by atoms with Gasteiger partial charge in [-0.15, -0.1) is 0 Å². The molecule has 0 spiro atoms. The molecule has 0 saturated carbocycles. The average molecular weight is 370 g/mol. The minimum Gasteiger partial charge on any atom is -0.483 e. The molecule has 0 saturated heterocycles. The number of hydrogen-bond donors (Lipinski definition) is 2. The van der Waals surface area contributed by atoms with Crippen molar-refractivity contribution in [1.29, 1.82) is 0 Å². The lowest BCUT2D eigenvalue weighted by atomic mass is 10.2. The minimum atomic E-state index is -0.244. The van der Waals surface area contributed by atoms with Crippen LogP contribution in [0.5, 0.6) is 5.75 Å². The zero-order chi connectivity index (χ0) is 15.2. The molecule has 0 aromatic heterocycles. The maximum absolute atomic E-state index is 11.9. The second-order valence-corrected chi connectivity index (χ2v) is 5.66. The number of nitrogens with one attached hydrogen (secondary N) is 1. The van der Waals surface area contributed by atoms with Gasteiger partial charge in [0.15, 0.2) is 6.61 Å². The van der Waals surface area contributed by atoms with Crippen LogP contribution in [-0.4, -0.2) is 12.5 Å². The van der Waals surface area contributed by atoms with E-state index >= 15 is 0 Å². The van der Waals surface area contributed by atoms with Gasteiger partial charge in [0.1, 0.15) is 5.75 Å². The lowest BCUT2D eigenvalue weighted by Crippen LogP contribution is -2.20. The Kier molecular flexibility index (Phi) is 5.61. The van der Waals surface area contributed by atoms with E-state index in [4.69, 9.17) is 22.1 Å². The van der Waals surface area contributed by atoms with E-state index in [-0.39, 0.29) is 12.5 Å². The summed E-state index contributed by atoms with van der Waals surface area (Å²) in [6.45, 7) is 0.199. The van der Waals surface area contributed by atoms with Crippen molar-refractivity contribution < 1.29 is 9.53 Å². The van der Waals surface area contributed by atoms with Gasteiger partial charge in [0.05, 0.1) is 0 Å². The Labute approximate surface area is 136 Å². The summed E-state index contributed by atoms with van der Waals surface area (Å²) < 4.78 is 6.38. The summed E-state index contributed by atoms with van der Waals surface area (Å²) in [4.78, 5) is 11.9. The third-order valence-electron chi connectivity index (χ3n) is 2.71. The molecule has 2 aromatic rings. The van der Waals surface area contributed by atoms with E-state index in [0.29, 0.717) is 23.0 Å². The molecule has 0 aliphatic rings. The van der Waals surface area contributed by atoms with Crippen LogP contribution in [0.2, 0.25) is 5.02 Å². The Bertz CT molecular complexity index is 649. The number of benzene rings is 2. The molecular formula is C15H14BrClN2O2. The van der Waals surface area contributed by atoms with Crippen LogP contribution < -0.4 is 15.8 Å². The Morgan fingerprint density at radius 3 is 2.81 bits per heavy atom. The summed E-state index contributed by atoms with van der Waals surface area (Å²) in [5.41, 5.74) is 7.09. The smallest absolute Gasteiger partial charge is 0.262 e. The number of anilines is 1. The molecular weight excluding hydrogens is 356 g/mol. The van der Waals surface area contributed by atoms with Crippen molar-refractivity contribution in [3.8, 4) is 5.75 Å². The highest BCUT2D eigenvalue weighted by Crippen LogP contribution is 2.22. The first kappa shape index (κ1) is 15.8. The maximum Gasteiger partial charge on any atom is 0.262 e. The minimum absolute atomic E-state index is 0.0961. The molecule has 0 aliphatic heterocycles. The molecule has 4 nitrogen and oxygen atoms in total. The van der Waals surface area contributed by atoms with Gasteiger partial charge in [-0.3, -0.25) is 4.79 Å². The monoisotopic (exact) mass is 368 g/mol. The lowest BCUT2D eigenvalue weighted by molar-refractivity contribution is -0.118. The largest absolute Gasteiger partial charge is 0.483 e. The van der Waals surface area contributed by atoms with E-state index in [0.717, 1.165) is 10.0 Å². The van der Waals surface area contributed by atoms with Crippen molar-refractivity contribution in [3.63, 3.8) is 0 Å². The number of rotatable bonds is 5. The molecule has 110 valence electrons. The van der Waals surface area contributed by atoms with Gasteiger partial charge in [-0.1, -0.05) is 33.6 Å². The lowest BCUT2D eigenvalue weighted by Gasteiger charge is -2.11. The molecule has 0 fully saturated rings. The molecule has 0 atom stereocenters. The van der Waals surface area contributed by atoms with Crippen molar-refractivity contribution in [1.82, 2.24) is 0 Å². The molecule has 0 heterocycles. The molecule has 2 rings (SSSR count). The highest BCUT2D eigenvalue weighted by atomic mass is 79.9. The van der Waals surface area contributed by atoms with Gasteiger partial charge < -0.3 is 15.8 Å². The van der Waals surface area contributed by atoms with Gasteiger partial charge in [0.2, 0.25) is 0 Å². The Morgan fingerprint density at radius 1 is 1.29 bits per heavy atom. The maximum atomic E-state index is 11.9. The third kappa shape index (κ3) is 4.74. The van der Waals surface area contributed by atoms with Crippen molar-refractivity contribution in [3.05, 3.63) is 57.5 Å². The predicted molar refractivity (Wildman–Crippen MR) is 87.6 cm³/mol. The fourth-order valence-electron chi connectivity index (χ4n) is 1.75. The highest BCUT2D eigenvalue weighted by Gasteiger charge is 2.07. The molecule has 21 heavy (non-hydrogen) atoms. The summed E-state index contributed by atoms with van der Waals surface area (Å²) in [7, 11) is 0. The number of nitrogens with two attached hydrogens (primary N) is 1. The standard InChI is InChI=1S/C15H14BrClN2O2/c16-11-2-1-3-13(7-11)19-15(20)9-21-14-5-4-12(17)6-10(14)8-18/h1-7H,8-9,18H2,(H,19,20). The first-order chi connectivity index (χ1) is 10.1. The molecule has 0 bridgehead atoms. The number of halogens is 2. The normalized spacial score (nSPS) is 10.2. The van der Waals surface area contributed by atoms with Crippen molar-refractivity contribution in [2.45, 2.75) is 6.54 Å². The van der Waals surface area contributed by atoms with E-state index in [1.54, 1.807) is 24.3 Å². The van der Waals surface area contributed by atoms with E-state index in [9.17, 15) is 4.79 Å². The van der Waals surface area contributed by atoms with Gasteiger partial charge >= 0.3 is 0 Å². The molecule has 6 heteroatoms. The van der Waals surface area contributed by atoms with Crippen LogP contribution >= 0.6 is 27.5 Å². The fraction of sp³-hybridized carbons (Fsp3) is 0.133. The number of ether oxygens (including phenoxy) is 1. The van der Waals surface area contributed by atoms with Crippen LogP contribution in [0.4, 0.5) is 5.69 Å². The van der Waals surface area contributed by atoms with Crippen LogP contribution in [0.15, 0.2) is 46.9 Å². The number of amides is 1. The van der Waals surface area contributed by atoms with Crippen LogP contribution in [0.25, 0.3) is 0 Å². The Balaban J connectivity index is 1.95. The van der Waals surface area contributed by atoms with Gasteiger partial charge in [-0.25, -0.2) is 0 Å². The topological polar surface area (TPSA) is 64.3 Å². The van der Waals surface area contributed by atoms with E-state index < -0.39 is 0 Å². The molecule has 0 radical (unpaired) electrons. The summed E-state index contributed by atoms with van der Waals surface area (Å²) >= 11 is 9.23. The summed E-state index contributed by atoms with van der Waals surface area (Å²) in [5, 5.41) is 3.34. The fourth-order valence-corrected chi connectivity index (χ4v) is 2.35. The van der Waals surface area contributed by atoms with Gasteiger partial charge in [-0.2, -0.15) is 0 Å². The van der Waals surface area contributed by atoms with Crippen LogP contribution in [-0.2, 0) is 11.3 Å². The Hall–Kier alpha value is -1.56. The highest BCUT2D eigenvalue weighted by molar-refractivity contribution is 9.10. The van der Waals surface area contributed by atoms with Crippen molar-refractivity contribution in [2.75, 3.05) is 11.9 Å². The quantitative estimate of drug-likeness (QED) is 0.846. The van der Waals surface area contributed by atoms with E-state index in [2.05, 4.69) is 21.2 Å². The van der Waals surface area contributed by atoms with E-state index in [1.165, 1.54) is 0 Å². The number of carbonyl (C=O) groups is 1. The van der Waals surface area contributed by atoms with Crippen LogP contribution in [0.3, 0.4) is 0 Å². The Morgan fingerprint density at radius 2 is 2.10 bits per heavy atom.